The number of benzene rings is 1. The van der Waals surface area contributed by atoms with Gasteiger partial charge >= 0.3 is 0 Å². The van der Waals surface area contributed by atoms with E-state index in [-0.39, 0.29) is 0 Å². The number of halogens is 1. The summed E-state index contributed by atoms with van der Waals surface area (Å²) < 4.78 is 11.2. The quantitative estimate of drug-likeness (QED) is 0.917. The van der Waals surface area contributed by atoms with E-state index in [9.17, 15) is 0 Å². The normalized spacial score (nSPS) is 26.1. The molecule has 2 aliphatic rings. The molecule has 3 nitrogen and oxygen atoms in total. The number of rotatable bonds is 4. The van der Waals surface area contributed by atoms with Crippen molar-refractivity contribution in [3.63, 3.8) is 0 Å². The molecular weight excluding hydrogens is 262 g/mol. The van der Waals surface area contributed by atoms with E-state index < -0.39 is 0 Å². The van der Waals surface area contributed by atoms with Crippen LogP contribution in [0.4, 0.5) is 0 Å². The Bertz CT molecular complexity index is 477. The van der Waals surface area contributed by atoms with Gasteiger partial charge in [-0.05, 0) is 36.4 Å². The molecule has 3 atom stereocenters. The van der Waals surface area contributed by atoms with Crippen molar-refractivity contribution in [3.8, 4) is 11.5 Å². The number of fused-ring (bicyclic) bond motifs is 1. The van der Waals surface area contributed by atoms with Gasteiger partial charge in [-0.3, -0.25) is 0 Å². The summed E-state index contributed by atoms with van der Waals surface area (Å²) in [6.07, 6.45) is 1.27. The van der Waals surface area contributed by atoms with E-state index in [4.69, 9.17) is 21.1 Å². The molecule has 4 heteroatoms. The minimum atomic E-state index is 0.323. The average Bonchev–Trinajstić information content (AvgIpc) is 3.12. The molecule has 0 amide bonds. The van der Waals surface area contributed by atoms with Gasteiger partial charge in [0.05, 0.1) is 0 Å². The summed E-state index contributed by atoms with van der Waals surface area (Å²) in [4.78, 5) is 0. The third kappa shape index (κ3) is 2.54. The second-order valence-corrected chi connectivity index (χ2v) is 5.84. The Labute approximate surface area is 119 Å². The van der Waals surface area contributed by atoms with E-state index in [0.29, 0.717) is 25.2 Å². The van der Waals surface area contributed by atoms with Crippen molar-refractivity contribution in [2.24, 2.45) is 11.8 Å². The lowest BCUT2D eigenvalue weighted by atomic mass is 10.00. The largest absolute Gasteiger partial charge is 0.486 e. The molecule has 1 aromatic carbocycles. The first-order valence-electron chi connectivity index (χ1n) is 7.03. The van der Waals surface area contributed by atoms with Crippen molar-refractivity contribution in [3.05, 3.63) is 22.7 Å². The van der Waals surface area contributed by atoms with E-state index in [1.54, 1.807) is 0 Å². The van der Waals surface area contributed by atoms with E-state index in [2.05, 4.69) is 25.2 Å². The maximum atomic E-state index is 6.44. The number of nitrogens with one attached hydrogen (secondary N) is 1. The van der Waals surface area contributed by atoms with Crippen LogP contribution in [0.3, 0.4) is 0 Å². The molecule has 19 heavy (non-hydrogen) atoms. The molecule has 1 aliphatic carbocycles. The van der Waals surface area contributed by atoms with E-state index >= 15 is 0 Å². The highest BCUT2D eigenvalue weighted by molar-refractivity contribution is 6.31. The van der Waals surface area contributed by atoms with Crippen molar-refractivity contribution >= 4 is 11.6 Å². The summed E-state index contributed by atoms with van der Waals surface area (Å²) in [6, 6.07) is 4.26. The minimum absolute atomic E-state index is 0.323. The lowest BCUT2D eigenvalue weighted by Gasteiger charge is -2.24. The molecule has 0 bridgehead atoms. The zero-order valence-corrected chi connectivity index (χ0v) is 12.2. The smallest absolute Gasteiger partial charge is 0.162 e. The highest BCUT2D eigenvalue weighted by Crippen LogP contribution is 2.49. The molecule has 0 aromatic heterocycles. The second-order valence-electron chi connectivity index (χ2n) is 5.43. The van der Waals surface area contributed by atoms with Crippen LogP contribution in [-0.4, -0.2) is 19.8 Å². The van der Waals surface area contributed by atoms with Gasteiger partial charge in [-0.2, -0.15) is 0 Å². The summed E-state index contributed by atoms with van der Waals surface area (Å²) in [5, 5.41) is 4.33. The Kier molecular flexibility index (Phi) is 3.59. The van der Waals surface area contributed by atoms with Crippen LogP contribution in [0.15, 0.2) is 12.1 Å². The standard InChI is InChI=1S/C15H20ClNO2/c1-3-17-15(10-6-9(10)2)11-7-13-14(8-12(11)16)19-5-4-18-13/h7-10,15,17H,3-6H2,1-2H3. The summed E-state index contributed by atoms with van der Waals surface area (Å²) in [6.45, 7) is 6.57. The van der Waals surface area contributed by atoms with Crippen LogP contribution in [0, 0.1) is 11.8 Å². The Hall–Kier alpha value is -0.930. The highest BCUT2D eigenvalue weighted by atomic mass is 35.5. The van der Waals surface area contributed by atoms with Crippen LogP contribution < -0.4 is 14.8 Å². The van der Waals surface area contributed by atoms with Gasteiger partial charge in [0, 0.05) is 17.1 Å². The van der Waals surface area contributed by atoms with Crippen molar-refractivity contribution in [2.75, 3.05) is 19.8 Å². The minimum Gasteiger partial charge on any atom is -0.486 e. The van der Waals surface area contributed by atoms with Gasteiger partial charge in [0.2, 0.25) is 0 Å². The predicted molar refractivity (Wildman–Crippen MR) is 76.1 cm³/mol. The molecule has 1 saturated carbocycles. The number of ether oxygens (including phenoxy) is 2. The number of hydrogen-bond donors (Lipinski definition) is 1. The predicted octanol–water partition coefficient (Wildman–Crippen LogP) is 3.42. The van der Waals surface area contributed by atoms with Gasteiger partial charge in [0.25, 0.3) is 0 Å². The first-order chi connectivity index (χ1) is 9.20. The van der Waals surface area contributed by atoms with Crippen LogP contribution in [0.5, 0.6) is 11.5 Å². The van der Waals surface area contributed by atoms with Gasteiger partial charge < -0.3 is 14.8 Å². The van der Waals surface area contributed by atoms with E-state index in [1.807, 2.05) is 6.07 Å². The van der Waals surface area contributed by atoms with Crippen molar-refractivity contribution in [1.29, 1.82) is 0 Å². The van der Waals surface area contributed by atoms with Crippen molar-refractivity contribution in [2.45, 2.75) is 26.3 Å². The van der Waals surface area contributed by atoms with E-state index in [0.717, 1.165) is 34.5 Å². The van der Waals surface area contributed by atoms with Crippen LogP contribution in [0.2, 0.25) is 5.02 Å². The summed E-state index contributed by atoms with van der Waals surface area (Å²) in [7, 11) is 0. The van der Waals surface area contributed by atoms with Crippen molar-refractivity contribution in [1.82, 2.24) is 5.32 Å². The molecule has 3 unspecified atom stereocenters. The van der Waals surface area contributed by atoms with Crippen LogP contribution in [0.1, 0.15) is 31.9 Å². The van der Waals surface area contributed by atoms with Gasteiger partial charge in [-0.15, -0.1) is 0 Å². The van der Waals surface area contributed by atoms with Gasteiger partial charge in [-0.25, -0.2) is 0 Å². The average molecular weight is 282 g/mol. The molecule has 0 spiro atoms. The summed E-state index contributed by atoms with van der Waals surface area (Å²) in [5.74, 6) is 3.04. The van der Waals surface area contributed by atoms with Gasteiger partial charge in [0.1, 0.15) is 13.2 Å². The number of hydrogen-bond acceptors (Lipinski definition) is 3. The maximum Gasteiger partial charge on any atom is 0.162 e. The Morgan fingerprint density at radius 3 is 2.53 bits per heavy atom. The molecule has 1 fully saturated rings. The van der Waals surface area contributed by atoms with Gasteiger partial charge in [0.15, 0.2) is 11.5 Å². The zero-order valence-electron chi connectivity index (χ0n) is 11.4. The van der Waals surface area contributed by atoms with Crippen LogP contribution in [0.25, 0.3) is 0 Å². The fraction of sp³-hybridized carbons (Fsp3) is 0.600. The first-order valence-corrected chi connectivity index (χ1v) is 7.41. The van der Waals surface area contributed by atoms with Crippen LogP contribution >= 0.6 is 11.6 Å². The van der Waals surface area contributed by atoms with Crippen LogP contribution in [-0.2, 0) is 0 Å². The molecular formula is C15H20ClNO2. The lowest BCUT2D eigenvalue weighted by molar-refractivity contribution is 0.171. The summed E-state index contributed by atoms with van der Waals surface area (Å²) >= 11 is 6.44. The second kappa shape index (κ2) is 5.22. The molecule has 1 N–H and O–H groups in total. The fourth-order valence-electron chi connectivity index (χ4n) is 2.85. The SMILES string of the molecule is CCNC(c1cc2c(cc1Cl)OCCO2)C1CC1C. The fourth-order valence-corrected chi connectivity index (χ4v) is 3.12. The monoisotopic (exact) mass is 281 g/mol. The highest BCUT2D eigenvalue weighted by Gasteiger charge is 2.40. The third-order valence-electron chi connectivity index (χ3n) is 4.02. The zero-order chi connectivity index (χ0) is 13.4. The Morgan fingerprint density at radius 2 is 1.95 bits per heavy atom. The molecule has 0 radical (unpaired) electrons. The molecule has 104 valence electrons. The Morgan fingerprint density at radius 1 is 1.32 bits per heavy atom. The van der Waals surface area contributed by atoms with Crippen molar-refractivity contribution < 1.29 is 9.47 Å². The Balaban J connectivity index is 1.93. The molecule has 0 saturated heterocycles. The third-order valence-corrected chi connectivity index (χ3v) is 4.35. The summed E-state index contributed by atoms with van der Waals surface area (Å²) in [5.41, 5.74) is 1.14. The van der Waals surface area contributed by atoms with Gasteiger partial charge in [-0.1, -0.05) is 25.4 Å². The molecule has 1 heterocycles. The van der Waals surface area contributed by atoms with E-state index in [1.165, 1.54) is 6.42 Å². The maximum absolute atomic E-state index is 6.44. The molecule has 3 rings (SSSR count). The first kappa shape index (κ1) is 13.1. The topological polar surface area (TPSA) is 30.5 Å². The lowest BCUT2D eigenvalue weighted by Crippen LogP contribution is -2.24. The molecule has 1 aliphatic heterocycles. The molecule has 1 aromatic rings.